The van der Waals surface area contributed by atoms with Crippen LogP contribution in [0.3, 0.4) is 0 Å². The number of rotatable bonds is 5. The second kappa shape index (κ2) is 6.59. The molecule has 1 aromatic carbocycles. The minimum absolute atomic E-state index is 0.353. The van der Waals surface area contributed by atoms with Crippen LogP contribution in [-0.4, -0.2) is 0 Å². The van der Waals surface area contributed by atoms with Gasteiger partial charge in [-0.3, -0.25) is 0 Å². The van der Waals surface area contributed by atoms with Crippen molar-refractivity contribution >= 4 is 0 Å². The molecule has 0 fully saturated rings. The van der Waals surface area contributed by atoms with Crippen LogP contribution in [0.4, 0.5) is 13.2 Å². The Kier molecular flexibility index (Phi) is 5.41. The summed E-state index contributed by atoms with van der Waals surface area (Å²) in [7, 11) is 0. The maximum Gasteiger partial charge on any atom is 0.416 e. The zero-order chi connectivity index (χ0) is 13.6. The Labute approximate surface area is 105 Å². The van der Waals surface area contributed by atoms with Gasteiger partial charge < -0.3 is 5.73 Å². The molecule has 0 saturated heterocycles. The molecule has 18 heavy (non-hydrogen) atoms. The molecule has 1 nitrogen and oxygen atoms in total. The summed E-state index contributed by atoms with van der Waals surface area (Å²) in [5.41, 5.74) is 5.79. The third-order valence-electron chi connectivity index (χ3n) is 2.69. The first-order chi connectivity index (χ1) is 8.45. The lowest BCUT2D eigenvalue weighted by Crippen LogP contribution is -2.12. The normalized spacial score (nSPS) is 14.1. The van der Waals surface area contributed by atoms with Crippen LogP contribution < -0.4 is 5.73 Å². The molecular formula is C14H18F3N. The Bertz CT molecular complexity index is 396. The third-order valence-corrected chi connectivity index (χ3v) is 2.69. The number of hydrogen-bond donors (Lipinski definition) is 1. The molecule has 0 saturated carbocycles. The molecule has 0 bridgehead atoms. The second-order valence-corrected chi connectivity index (χ2v) is 4.19. The first kappa shape index (κ1) is 14.8. The lowest BCUT2D eigenvalue weighted by atomic mass is 10.0. The van der Waals surface area contributed by atoms with E-state index in [1.54, 1.807) is 6.07 Å². The van der Waals surface area contributed by atoms with Gasteiger partial charge in [-0.15, -0.1) is 0 Å². The Morgan fingerprint density at radius 1 is 1.28 bits per heavy atom. The SMILES string of the molecule is CCC=CCCC(N)c1cccc(C(F)(F)F)c1. The van der Waals surface area contributed by atoms with E-state index in [1.807, 2.05) is 19.1 Å². The summed E-state index contributed by atoms with van der Waals surface area (Å²) >= 11 is 0. The van der Waals surface area contributed by atoms with E-state index in [4.69, 9.17) is 5.73 Å². The quantitative estimate of drug-likeness (QED) is 0.775. The standard InChI is InChI=1S/C14H18F3N/c1-2-3-4-5-9-13(18)11-7-6-8-12(10-11)14(15,16)17/h3-4,6-8,10,13H,2,5,9,18H2,1H3. The van der Waals surface area contributed by atoms with Crippen molar-refractivity contribution in [3.8, 4) is 0 Å². The summed E-state index contributed by atoms with van der Waals surface area (Å²) in [4.78, 5) is 0. The summed E-state index contributed by atoms with van der Waals surface area (Å²) in [6, 6.07) is 4.89. The lowest BCUT2D eigenvalue weighted by molar-refractivity contribution is -0.137. The highest BCUT2D eigenvalue weighted by molar-refractivity contribution is 5.27. The number of alkyl halides is 3. The van der Waals surface area contributed by atoms with Gasteiger partial charge in [-0.25, -0.2) is 0 Å². The average Bonchev–Trinajstić information content (AvgIpc) is 2.33. The fourth-order valence-corrected chi connectivity index (χ4v) is 1.67. The van der Waals surface area contributed by atoms with Crippen LogP contribution in [0.15, 0.2) is 36.4 Å². The largest absolute Gasteiger partial charge is 0.416 e. The molecule has 1 rings (SSSR count). The molecule has 0 aliphatic rings. The molecule has 0 amide bonds. The topological polar surface area (TPSA) is 26.0 Å². The molecule has 0 spiro atoms. The van der Waals surface area contributed by atoms with Crippen molar-refractivity contribution in [1.82, 2.24) is 0 Å². The maximum atomic E-state index is 12.5. The molecule has 100 valence electrons. The van der Waals surface area contributed by atoms with E-state index >= 15 is 0 Å². The smallest absolute Gasteiger partial charge is 0.324 e. The van der Waals surface area contributed by atoms with Crippen LogP contribution in [0.2, 0.25) is 0 Å². The van der Waals surface area contributed by atoms with E-state index in [9.17, 15) is 13.2 Å². The van der Waals surface area contributed by atoms with Gasteiger partial charge in [0, 0.05) is 6.04 Å². The van der Waals surface area contributed by atoms with Gasteiger partial charge in [0.2, 0.25) is 0 Å². The van der Waals surface area contributed by atoms with E-state index in [0.717, 1.165) is 25.0 Å². The summed E-state index contributed by atoms with van der Waals surface area (Å²) in [5.74, 6) is 0. The van der Waals surface area contributed by atoms with Crippen molar-refractivity contribution in [2.24, 2.45) is 5.73 Å². The number of nitrogens with two attached hydrogens (primary N) is 1. The average molecular weight is 257 g/mol. The molecule has 0 heterocycles. The monoisotopic (exact) mass is 257 g/mol. The summed E-state index contributed by atoms with van der Waals surface area (Å²) in [6.07, 6.45) is 2.12. The van der Waals surface area contributed by atoms with Crippen LogP contribution in [0.1, 0.15) is 43.4 Å². The fourth-order valence-electron chi connectivity index (χ4n) is 1.67. The van der Waals surface area contributed by atoms with Crippen LogP contribution in [0, 0.1) is 0 Å². The Morgan fingerprint density at radius 2 is 2.00 bits per heavy atom. The van der Waals surface area contributed by atoms with Crippen LogP contribution >= 0.6 is 0 Å². The van der Waals surface area contributed by atoms with Gasteiger partial charge in [0.1, 0.15) is 0 Å². The number of allylic oxidation sites excluding steroid dienone is 2. The first-order valence-electron chi connectivity index (χ1n) is 6.03. The van der Waals surface area contributed by atoms with Gasteiger partial charge in [0.15, 0.2) is 0 Å². The second-order valence-electron chi connectivity index (χ2n) is 4.19. The third kappa shape index (κ3) is 4.53. The minimum atomic E-state index is -4.31. The highest BCUT2D eigenvalue weighted by Crippen LogP contribution is 2.31. The molecule has 1 atom stereocenters. The van der Waals surface area contributed by atoms with Gasteiger partial charge in [-0.1, -0.05) is 31.2 Å². The zero-order valence-corrected chi connectivity index (χ0v) is 10.4. The van der Waals surface area contributed by atoms with E-state index < -0.39 is 11.7 Å². The molecule has 4 heteroatoms. The van der Waals surface area contributed by atoms with Crippen molar-refractivity contribution in [3.63, 3.8) is 0 Å². The van der Waals surface area contributed by atoms with E-state index in [1.165, 1.54) is 6.07 Å². The van der Waals surface area contributed by atoms with Crippen molar-refractivity contribution in [2.45, 2.75) is 38.4 Å². The minimum Gasteiger partial charge on any atom is -0.324 e. The molecule has 2 N–H and O–H groups in total. The predicted octanol–water partition coefficient (Wildman–Crippen LogP) is 4.45. The fraction of sp³-hybridized carbons (Fsp3) is 0.429. The van der Waals surface area contributed by atoms with Crippen molar-refractivity contribution in [2.75, 3.05) is 0 Å². The molecule has 0 aliphatic heterocycles. The van der Waals surface area contributed by atoms with Gasteiger partial charge in [-0.2, -0.15) is 13.2 Å². The van der Waals surface area contributed by atoms with Crippen LogP contribution in [0.25, 0.3) is 0 Å². The number of hydrogen-bond acceptors (Lipinski definition) is 1. The maximum absolute atomic E-state index is 12.5. The molecule has 0 aromatic heterocycles. The molecular weight excluding hydrogens is 239 g/mol. The summed E-state index contributed by atoms with van der Waals surface area (Å²) in [6.45, 7) is 2.03. The summed E-state index contributed by atoms with van der Waals surface area (Å²) < 4.78 is 37.6. The van der Waals surface area contributed by atoms with Gasteiger partial charge >= 0.3 is 6.18 Å². The van der Waals surface area contributed by atoms with Gasteiger partial charge in [0.25, 0.3) is 0 Å². The number of benzene rings is 1. The molecule has 1 unspecified atom stereocenters. The highest BCUT2D eigenvalue weighted by atomic mass is 19.4. The lowest BCUT2D eigenvalue weighted by Gasteiger charge is -2.13. The molecule has 0 aliphatic carbocycles. The van der Waals surface area contributed by atoms with E-state index in [2.05, 4.69) is 0 Å². The Morgan fingerprint density at radius 3 is 2.61 bits per heavy atom. The Balaban J connectivity index is 2.68. The van der Waals surface area contributed by atoms with Crippen LogP contribution in [-0.2, 0) is 6.18 Å². The predicted molar refractivity (Wildman–Crippen MR) is 67.0 cm³/mol. The first-order valence-corrected chi connectivity index (χ1v) is 6.03. The van der Waals surface area contributed by atoms with Crippen molar-refractivity contribution in [3.05, 3.63) is 47.5 Å². The van der Waals surface area contributed by atoms with E-state index in [-0.39, 0.29) is 6.04 Å². The Hall–Kier alpha value is -1.29. The molecule has 0 radical (unpaired) electrons. The highest BCUT2D eigenvalue weighted by Gasteiger charge is 2.30. The van der Waals surface area contributed by atoms with Gasteiger partial charge in [0.05, 0.1) is 5.56 Å². The van der Waals surface area contributed by atoms with Crippen molar-refractivity contribution < 1.29 is 13.2 Å². The van der Waals surface area contributed by atoms with Crippen molar-refractivity contribution in [1.29, 1.82) is 0 Å². The number of halogens is 3. The summed E-state index contributed by atoms with van der Waals surface area (Å²) in [5, 5.41) is 0. The molecule has 1 aromatic rings. The van der Waals surface area contributed by atoms with E-state index in [0.29, 0.717) is 12.0 Å². The van der Waals surface area contributed by atoms with Gasteiger partial charge in [-0.05, 0) is 37.0 Å². The van der Waals surface area contributed by atoms with Crippen LogP contribution in [0.5, 0.6) is 0 Å². The zero-order valence-electron chi connectivity index (χ0n) is 10.4.